The average Bonchev–Trinajstić information content (AvgIpc) is 3.19. The molecule has 0 aromatic carbocycles. The first-order valence-electron chi connectivity index (χ1n) is 18.5. The Morgan fingerprint density at radius 2 is 0.912 bits per heavy atom. The fourth-order valence-corrected chi connectivity index (χ4v) is 7.23. The number of hydrogen-bond donors (Lipinski definition) is 14. The molecule has 0 aromatic rings. The van der Waals surface area contributed by atoms with Gasteiger partial charge in [0.05, 0.1) is 44.7 Å². The summed E-state index contributed by atoms with van der Waals surface area (Å²) in [4.78, 5) is 0. The van der Waals surface area contributed by atoms with Crippen LogP contribution in [0.15, 0.2) is 12.7 Å². The topological polar surface area (TPSA) is 381 Å². The Labute approximate surface area is 325 Å². The van der Waals surface area contributed by atoms with Crippen LogP contribution in [-0.4, -0.2) is 246 Å². The summed E-state index contributed by atoms with van der Waals surface area (Å²) in [6, 6.07) is -1.62. The van der Waals surface area contributed by atoms with Gasteiger partial charge in [0.15, 0.2) is 31.5 Å². The number of aliphatic hydroxyl groups excluding tert-OH is 13. The Bertz CT molecular complexity index is 1260. The molecule has 0 aromatic heterocycles. The molecular formula is C33H57NO23. The van der Waals surface area contributed by atoms with Crippen molar-refractivity contribution < 1.29 is 114 Å². The van der Waals surface area contributed by atoms with E-state index in [1.54, 1.807) is 0 Å². The van der Waals surface area contributed by atoms with Crippen LogP contribution >= 0.6 is 0 Å². The third-order valence-corrected chi connectivity index (χ3v) is 10.7. The van der Waals surface area contributed by atoms with E-state index in [2.05, 4.69) is 6.58 Å². The van der Waals surface area contributed by atoms with Crippen LogP contribution in [-0.2, 0) is 47.4 Å². The molecule has 0 aliphatic carbocycles. The average molecular weight is 836 g/mol. The lowest BCUT2D eigenvalue weighted by Crippen LogP contribution is -2.70. The number of ether oxygens (including phenoxy) is 10. The second-order valence-corrected chi connectivity index (χ2v) is 14.6. The second kappa shape index (κ2) is 20.1. The minimum Gasteiger partial charge on any atom is -0.394 e. The van der Waals surface area contributed by atoms with Gasteiger partial charge in [-0.3, -0.25) is 0 Å². The first-order chi connectivity index (χ1) is 27.0. The van der Waals surface area contributed by atoms with Gasteiger partial charge in [0.1, 0.15) is 104 Å². The fourth-order valence-electron chi connectivity index (χ4n) is 7.23. The summed E-state index contributed by atoms with van der Waals surface area (Å²) >= 11 is 0. The molecule has 24 nitrogen and oxygen atoms in total. The van der Waals surface area contributed by atoms with Crippen molar-refractivity contribution >= 4 is 0 Å². The van der Waals surface area contributed by atoms with Gasteiger partial charge in [-0.1, -0.05) is 6.08 Å². The van der Waals surface area contributed by atoms with Crippen LogP contribution in [0.5, 0.6) is 0 Å². The summed E-state index contributed by atoms with van der Waals surface area (Å²) in [6.07, 6.45) is -38.6. The molecule has 5 rings (SSSR count). The summed E-state index contributed by atoms with van der Waals surface area (Å²) in [5, 5.41) is 138. The molecule has 5 fully saturated rings. The highest BCUT2D eigenvalue weighted by Crippen LogP contribution is 2.36. The number of hydrogen-bond acceptors (Lipinski definition) is 24. The molecule has 0 amide bonds. The maximum absolute atomic E-state index is 11.2. The van der Waals surface area contributed by atoms with E-state index in [1.165, 1.54) is 19.9 Å². The highest BCUT2D eigenvalue weighted by Gasteiger charge is 2.57. The van der Waals surface area contributed by atoms with Gasteiger partial charge in [0.25, 0.3) is 0 Å². The largest absolute Gasteiger partial charge is 0.394 e. The molecule has 24 heteroatoms. The Kier molecular flexibility index (Phi) is 16.5. The van der Waals surface area contributed by atoms with Gasteiger partial charge in [-0.2, -0.15) is 0 Å². The van der Waals surface area contributed by atoms with Gasteiger partial charge >= 0.3 is 0 Å². The van der Waals surface area contributed by atoms with Crippen molar-refractivity contribution in [2.45, 2.75) is 167 Å². The predicted molar refractivity (Wildman–Crippen MR) is 180 cm³/mol. The molecule has 0 spiro atoms. The van der Waals surface area contributed by atoms with Gasteiger partial charge in [0.2, 0.25) is 0 Å². The molecule has 0 saturated carbocycles. The molecule has 57 heavy (non-hydrogen) atoms. The highest BCUT2D eigenvalue weighted by molar-refractivity contribution is 5.00. The lowest BCUT2D eigenvalue weighted by molar-refractivity contribution is -0.397. The van der Waals surface area contributed by atoms with Crippen LogP contribution in [0.1, 0.15) is 13.8 Å². The quantitative estimate of drug-likeness (QED) is 0.0722. The van der Waals surface area contributed by atoms with Crippen LogP contribution in [0.3, 0.4) is 0 Å². The molecule has 5 aliphatic heterocycles. The van der Waals surface area contributed by atoms with Crippen molar-refractivity contribution in [2.75, 3.05) is 26.4 Å². The van der Waals surface area contributed by atoms with Crippen LogP contribution in [0.2, 0.25) is 0 Å². The summed E-state index contributed by atoms with van der Waals surface area (Å²) in [6.45, 7) is 3.57. The molecule has 0 radical (unpaired) electrons. The van der Waals surface area contributed by atoms with Gasteiger partial charge in [-0.25, -0.2) is 0 Å². The summed E-state index contributed by atoms with van der Waals surface area (Å²) in [5.41, 5.74) is 6.65. The van der Waals surface area contributed by atoms with Crippen molar-refractivity contribution in [3.05, 3.63) is 12.7 Å². The molecule has 5 heterocycles. The normalized spacial score (nSPS) is 52.4. The third-order valence-electron chi connectivity index (χ3n) is 10.7. The highest BCUT2D eigenvalue weighted by atomic mass is 16.8. The maximum Gasteiger partial charge on any atom is 0.187 e. The molecular weight excluding hydrogens is 778 g/mol. The van der Waals surface area contributed by atoms with Gasteiger partial charge in [-0.15, -0.1) is 6.58 Å². The molecule has 332 valence electrons. The zero-order chi connectivity index (χ0) is 42.0. The maximum atomic E-state index is 11.2. The number of nitrogens with two attached hydrogens (primary N) is 1. The van der Waals surface area contributed by atoms with Crippen LogP contribution < -0.4 is 5.73 Å². The lowest BCUT2D eigenvalue weighted by Gasteiger charge is -2.51. The van der Waals surface area contributed by atoms with Crippen LogP contribution in [0, 0.1) is 0 Å². The minimum atomic E-state index is -1.97. The van der Waals surface area contributed by atoms with E-state index in [0.717, 1.165) is 0 Å². The second-order valence-electron chi connectivity index (χ2n) is 14.6. The van der Waals surface area contributed by atoms with Crippen molar-refractivity contribution in [1.29, 1.82) is 0 Å². The molecule has 15 N–H and O–H groups in total. The zero-order valence-corrected chi connectivity index (χ0v) is 31.0. The monoisotopic (exact) mass is 835 g/mol. The Hall–Kier alpha value is -1.22. The van der Waals surface area contributed by atoms with Crippen LogP contribution in [0.4, 0.5) is 0 Å². The molecule has 0 bridgehead atoms. The zero-order valence-electron chi connectivity index (χ0n) is 31.0. The lowest BCUT2D eigenvalue weighted by atomic mass is 9.94. The predicted octanol–water partition coefficient (Wildman–Crippen LogP) is -8.69. The molecule has 5 saturated heterocycles. The van der Waals surface area contributed by atoms with E-state index in [-0.39, 0.29) is 6.61 Å². The van der Waals surface area contributed by atoms with E-state index in [4.69, 9.17) is 53.1 Å². The SMILES string of the molecule is C=CCO[C@@H]1OC(CO)[C@H](O)C(O[C@@H]2OC(CO)[C@H](O[C@@H]3OC(CO)[C@H](O)C(O)C3O[C@@H]3OC(C)[C@@H](O)C(O)C3O)C(O[C@@H]3OC(C)[C@@H](O)C(O)C3O)C2N)C1O. The van der Waals surface area contributed by atoms with Crippen molar-refractivity contribution in [1.82, 2.24) is 0 Å². The summed E-state index contributed by atoms with van der Waals surface area (Å²) < 4.78 is 57.8. The first kappa shape index (κ1) is 46.8. The van der Waals surface area contributed by atoms with Crippen molar-refractivity contribution in [3.8, 4) is 0 Å². The Morgan fingerprint density at radius 1 is 0.456 bits per heavy atom. The fraction of sp³-hybridized carbons (Fsp3) is 0.939. The smallest absolute Gasteiger partial charge is 0.187 e. The number of rotatable bonds is 14. The Morgan fingerprint density at radius 3 is 1.44 bits per heavy atom. The van der Waals surface area contributed by atoms with E-state index in [9.17, 15) is 66.4 Å². The molecule has 25 atom stereocenters. The van der Waals surface area contributed by atoms with E-state index < -0.39 is 173 Å². The third kappa shape index (κ3) is 9.80. The van der Waals surface area contributed by atoms with Gasteiger partial charge in [-0.05, 0) is 13.8 Å². The number of aliphatic hydroxyl groups is 13. The van der Waals surface area contributed by atoms with Crippen molar-refractivity contribution in [2.24, 2.45) is 5.73 Å². The van der Waals surface area contributed by atoms with Crippen LogP contribution in [0.25, 0.3) is 0 Å². The van der Waals surface area contributed by atoms with Crippen molar-refractivity contribution in [3.63, 3.8) is 0 Å². The molecule has 15 unspecified atom stereocenters. The first-order valence-corrected chi connectivity index (χ1v) is 18.5. The van der Waals surface area contributed by atoms with Gasteiger partial charge < -0.3 is 119 Å². The Balaban J connectivity index is 1.48. The summed E-state index contributed by atoms with van der Waals surface area (Å²) in [7, 11) is 0. The summed E-state index contributed by atoms with van der Waals surface area (Å²) in [5.74, 6) is 0. The molecule has 5 aliphatic rings. The van der Waals surface area contributed by atoms with E-state index >= 15 is 0 Å². The standard InChI is InChI=1S/C33H57NO23/c1-4-5-48-30-24(47)27(18(41)12(7-36)51-30)56-29-14(34)26(55-31-22(45)19(42)15(38)9(2)49-31)25(13(8-37)53-29)54-33-28(21(44)17(40)11(6-35)52-33)57-32-23(46)20(43)16(39)10(3)50-32/h4,9-33,35-47H,1,5-8,34H2,2-3H3/t9?,10?,11?,12?,13?,14?,15-,16-,17+,18+,19?,20?,21?,22?,23?,24?,25+,26?,27?,28?,29+,30-,31+,32+,33+/m1/s1. The minimum absolute atomic E-state index is 0.115. The van der Waals surface area contributed by atoms with E-state index in [1.807, 2.05) is 0 Å². The van der Waals surface area contributed by atoms with Gasteiger partial charge in [0, 0.05) is 0 Å². The van der Waals surface area contributed by atoms with E-state index in [0.29, 0.717) is 0 Å².